The van der Waals surface area contributed by atoms with E-state index in [0.717, 1.165) is 0 Å². The molecule has 1 aromatic carbocycles. The molecule has 0 radical (unpaired) electrons. The van der Waals surface area contributed by atoms with Crippen LogP contribution in [-0.4, -0.2) is 5.78 Å². The Kier molecular flexibility index (Phi) is 2.87. The third-order valence-corrected chi connectivity index (χ3v) is 2.70. The van der Waals surface area contributed by atoms with Crippen LogP contribution in [0.2, 0.25) is 0 Å². The molecule has 0 amide bonds. The summed E-state index contributed by atoms with van der Waals surface area (Å²) in [7, 11) is 0. The predicted molar refractivity (Wildman–Crippen MR) is 55.2 cm³/mol. The molecular formula is C11H9FNOS+. The van der Waals surface area contributed by atoms with Gasteiger partial charge in [-0.05, 0) is 12.1 Å². The van der Waals surface area contributed by atoms with Crippen molar-refractivity contribution in [3.63, 3.8) is 0 Å². The van der Waals surface area contributed by atoms with Crippen LogP contribution in [0.1, 0.15) is 10.4 Å². The molecule has 0 spiro atoms. The molecule has 2 rings (SSSR count). The smallest absolute Gasteiger partial charge is 0.230 e. The number of ketones is 1. The van der Waals surface area contributed by atoms with E-state index in [9.17, 15) is 9.18 Å². The van der Waals surface area contributed by atoms with Crippen LogP contribution < -0.4 is 4.57 Å². The number of carbonyl (C=O) groups is 1. The summed E-state index contributed by atoms with van der Waals surface area (Å²) in [5.41, 5.74) is 1.97. The van der Waals surface area contributed by atoms with Crippen LogP contribution >= 0.6 is 11.3 Å². The zero-order valence-electron chi connectivity index (χ0n) is 7.89. The van der Waals surface area contributed by atoms with E-state index in [4.69, 9.17) is 0 Å². The van der Waals surface area contributed by atoms with Crippen LogP contribution in [0.15, 0.2) is 41.4 Å². The maximum Gasteiger partial charge on any atom is 0.230 e. The molecule has 0 bridgehead atoms. The molecule has 0 N–H and O–H groups in total. The molecule has 76 valence electrons. The van der Waals surface area contributed by atoms with Crippen LogP contribution in [0.25, 0.3) is 0 Å². The third kappa shape index (κ3) is 2.27. The molecule has 2 aromatic rings. The molecule has 0 fully saturated rings. The van der Waals surface area contributed by atoms with Crippen LogP contribution in [0, 0.1) is 5.82 Å². The van der Waals surface area contributed by atoms with Crippen molar-refractivity contribution in [2.75, 3.05) is 0 Å². The highest BCUT2D eigenvalue weighted by atomic mass is 32.1. The van der Waals surface area contributed by atoms with Gasteiger partial charge in [0.2, 0.25) is 17.8 Å². The number of benzene rings is 1. The number of hydrogen-bond acceptors (Lipinski definition) is 2. The Morgan fingerprint density at radius 2 is 2.20 bits per heavy atom. The van der Waals surface area contributed by atoms with Gasteiger partial charge in [-0.1, -0.05) is 23.5 Å². The SMILES string of the molecule is O=C(C[n+]1ccsc1)c1ccccc1F. The van der Waals surface area contributed by atoms with Gasteiger partial charge in [0.05, 0.1) is 10.9 Å². The van der Waals surface area contributed by atoms with Crippen LogP contribution in [0.4, 0.5) is 4.39 Å². The number of aromatic nitrogens is 1. The van der Waals surface area contributed by atoms with Crippen molar-refractivity contribution in [1.29, 1.82) is 0 Å². The minimum absolute atomic E-state index is 0.149. The molecule has 0 aliphatic heterocycles. The van der Waals surface area contributed by atoms with E-state index in [1.54, 1.807) is 22.9 Å². The largest absolute Gasteiger partial charge is 0.287 e. The van der Waals surface area contributed by atoms with Crippen LogP contribution in [0.5, 0.6) is 0 Å². The van der Waals surface area contributed by atoms with E-state index in [0.29, 0.717) is 0 Å². The van der Waals surface area contributed by atoms with Gasteiger partial charge in [-0.25, -0.2) is 4.39 Å². The fourth-order valence-electron chi connectivity index (χ4n) is 1.29. The van der Waals surface area contributed by atoms with E-state index in [1.165, 1.54) is 23.5 Å². The highest BCUT2D eigenvalue weighted by molar-refractivity contribution is 7.07. The first-order chi connectivity index (χ1) is 7.27. The van der Waals surface area contributed by atoms with Crippen LogP contribution in [-0.2, 0) is 6.54 Å². The van der Waals surface area contributed by atoms with Crippen molar-refractivity contribution in [2.45, 2.75) is 6.54 Å². The number of carbonyl (C=O) groups excluding carboxylic acids is 1. The maximum atomic E-state index is 13.2. The van der Waals surface area contributed by atoms with Gasteiger partial charge >= 0.3 is 0 Å². The summed E-state index contributed by atoms with van der Waals surface area (Å²) in [6, 6.07) is 6.04. The molecule has 15 heavy (non-hydrogen) atoms. The first-order valence-electron chi connectivity index (χ1n) is 4.46. The van der Waals surface area contributed by atoms with Crippen molar-refractivity contribution < 1.29 is 13.8 Å². The first kappa shape index (κ1) is 9.98. The van der Waals surface area contributed by atoms with Crippen molar-refractivity contribution in [3.05, 3.63) is 52.7 Å². The summed E-state index contributed by atoms with van der Waals surface area (Å²) in [5.74, 6) is -0.671. The Bertz CT molecular complexity index is 467. The van der Waals surface area contributed by atoms with Crippen molar-refractivity contribution in [2.24, 2.45) is 0 Å². The van der Waals surface area contributed by atoms with E-state index in [1.807, 2.05) is 10.9 Å². The molecule has 0 saturated carbocycles. The summed E-state index contributed by atoms with van der Waals surface area (Å²) < 4.78 is 15.0. The lowest BCUT2D eigenvalue weighted by Gasteiger charge is -1.97. The summed E-state index contributed by atoms with van der Waals surface area (Å²) in [5, 5.41) is 1.87. The quantitative estimate of drug-likeness (QED) is 0.575. The average Bonchev–Trinajstić information content (AvgIpc) is 2.71. The molecular weight excluding hydrogens is 213 g/mol. The molecule has 0 saturated heterocycles. The van der Waals surface area contributed by atoms with Gasteiger partial charge in [-0.15, -0.1) is 0 Å². The maximum absolute atomic E-state index is 13.2. The first-order valence-corrected chi connectivity index (χ1v) is 5.40. The summed E-state index contributed by atoms with van der Waals surface area (Å²) in [6.07, 6.45) is 1.80. The fourth-order valence-corrected chi connectivity index (χ4v) is 1.89. The Hall–Kier alpha value is -1.55. The Balaban J connectivity index is 2.19. The molecule has 1 heterocycles. The summed E-state index contributed by atoms with van der Waals surface area (Å²) in [4.78, 5) is 11.7. The number of nitrogens with zero attached hydrogens (tertiary/aromatic N) is 1. The molecule has 0 atom stereocenters. The molecule has 0 aliphatic carbocycles. The van der Waals surface area contributed by atoms with Gasteiger partial charge in [0.25, 0.3) is 0 Å². The Labute approximate surface area is 90.6 Å². The lowest BCUT2D eigenvalue weighted by atomic mass is 10.1. The summed E-state index contributed by atoms with van der Waals surface area (Å²) >= 11 is 1.50. The number of thiazole rings is 1. The monoisotopic (exact) mass is 222 g/mol. The molecule has 2 nitrogen and oxygen atoms in total. The zero-order chi connectivity index (χ0) is 10.7. The van der Waals surface area contributed by atoms with Gasteiger partial charge in [-0.2, -0.15) is 4.57 Å². The van der Waals surface area contributed by atoms with Gasteiger partial charge in [-0.3, -0.25) is 4.79 Å². The zero-order valence-corrected chi connectivity index (χ0v) is 8.71. The Morgan fingerprint density at radius 3 is 2.87 bits per heavy atom. The number of Topliss-reactive ketones (excluding diaryl/α,β-unsaturated/α-hetero) is 1. The fraction of sp³-hybridized carbons (Fsp3) is 0.0909. The van der Waals surface area contributed by atoms with E-state index in [-0.39, 0.29) is 17.9 Å². The van der Waals surface area contributed by atoms with E-state index in [2.05, 4.69) is 0 Å². The minimum atomic E-state index is -0.460. The second-order valence-corrected chi connectivity index (χ2v) is 3.86. The molecule has 0 aliphatic rings. The van der Waals surface area contributed by atoms with Gasteiger partial charge in [0.1, 0.15) is 5.82 Å². The number of hydrogen-bond donors (Lipinski definition) is 0. The highest BCUT2D eigenvalue weighted by Gasteiger charge is 2.15. The Morgan fingerprint density at radius 1 is 1.40 bits per heavy atom. The van der Waals surface area contributed by atoms with Crippen molar-refractivity contribution >= 4 is 17.1 Å². The third-order valence-electron chi connectivity index (χ3n) is 2.03. The lowest BCUT2D eigenvalue weighted by Crippen LogP contribution is -2.35. The molecule has 1 aromatic heterocycles. The number of rotatable bonds is 3. The van der Waals surface area contributed by atoms with E-state index >= 15 is 0 Å². The van der Waals surface area contributed by atoms with Crippen LogP contribution in [0.3, 0.4) is 0 Å². The molecule has 0 unspecified atom stereocenters. The number of halogens is 1. The molecule has 4 heteroatoms. The predicted octanol–water partition coefficient (Wildman–Crippen LogP) is 2.06. The van der Waals surface area contributed by atoms with Gasteiger partial charge < -0.3 is 0 Å². The minimum Gasteiger partial charge on any atom is -0.287 e. The average molecular weight is 222 g/mol. The second kappa shape index (κ2) is 4.31. The second-order valence-electron chi connectivity index (χ2n) is 3.10. The van der Waals surface area contributed by atoms with Crippen molar-refractivity contribution in [1.82, 2.24) is 0 Å². The standard InChI is InChI=1S/C11H9FNOS/c12-10-4-2-1-3-9(10)11(14)7-13-5-6-15-8-13/h1-6,8H,7H2/q+1. The van der Waals surface area contributed by atoms with E-state index < -0.39 is 5.82 Å². The topological polar surface area (TPSA) is 20.9 Å². The normalized spacial score (nSPS) is 10.2. The highest BCUT2D eigenvalue weighted by Crippen LogP contribution is 2.07. The van der Waals surface area contributed by atoms with Crippen molar-refractivity contribution in [3.8, 4) is 0 Å². The lowest BCUT2D eigenvalue weighted by molar-refractivity contribution is -0.678. The van der Waals surface area contributed by atoms with Gasteiger partial charge in [0, 0.05) is 0 Å². The van der Waals surface area contributed by atoms with Gasteiger partial charge in [0.15, 0.2) is 6.20 Å². The summed E-state index contributed by atoms with van der Waals surface area (Å²) in [6.45, 7) is 0.185.